The van der Waals surface area contributed by atoms with E-state index in [1.165, 1.54) is 0 Å². The average molecular weight is 305 g/mol. The van der Waals surface area contributed by atoms with Gasteiger partial charge in [-0.1, -0.05) is 32.9 Å². The number of nitriles is 1. The van der Waals surface area contributed by atoms with Crippen LogP contribution in [-0.2, 0) is 4.43 Å². The van der Waals surface area contributed by atoms with Gasteiger partial charge < -0.3 is 9.53 Å². The van der Waals surface area contributed by atoms with Gasteiger partial charge in [-0.15, -0.1) is 0 Å². The molecule has 21 heavy (non-hydrogen) atoms. The second-order valence-corrected chi connectivity index (χ2v) is 11.7. The van der Waals surface area contributed by atoms with Crippen LogP contribution < -0.4 is 0 Å². The molecule has 0 aliphatic rings. The molecule has 1 unspecified atom stereocenters. The molecule has 0 saturated heterocycles. The standard InChI is InChI=1S/C17H27NO2Si/c1-17(2,3)21(4,5)20-16(7-6-12-19)15-10-8-14(13-18)9-11-15/h8-11,16,19H,6-7,12H2,1-5H3. The highest BCUT2D eigenvalue weighted by Gasteiger charge is 2.39. The quantitative estimate of drug-likeness (QED) is 0.793. The molecule has 0 heterocycles. The lowest BCUT2D eigenvalue weighted by molar-refractivity contribution is 0.158. The van der Waals surface area contributed by atoms with Crippen molar-refractivity contribution in [2.45, 2.75) is 57.8 Å². The molecule has 3 nitrogen and oxygen atoms in total. The van der Waals surface area contributed by atoms with Gasteiger partial charge in [-0.2, -0.15) is 5.26 Å². The summed E-state index contributed by atoms with van der Waals surface area (Å²) in [6, 6.07) is 9.73. The van der Waals surface area contributed by atoms with Crippen molar-refractivity contribution in [1.82, 2.24) is 0 Å². The first-order chi connectivity index (χ1) is 9.71. The average Bonchev–Trinajstić information content (AvgIpc) is 2.42. The van der Waals surface area contributed by atoms with E-state index >= 15 is 0 Å². The zero-order chi connectivity index (χ0) is 16.1. The molecule has 0 spiro atoms. The molecule has 1 N–H and O–H groups in total. The first kappa shape index (κ1) is 17.9. The molecule has 116 valence electrons. The predicted molar refractivity (Wildman–Crippen MR) is 88.5 cm³/mol. The van der Waals surface area contributed by atoms with Gasteiger partial charge >= 0.3 is 0 Å². The van der Waals surface area contributed by atoms with E-state index in [1.54, 1.807) is 0 Å². The van der Waals surface area contributed by atoms with E-state index in [2.05, 4.69) is 39.9 Å². The van der Waals surface area contributed by atoms with E-state index in [-0.39, 0.29) is 17.7 Å². The van der Waals surface area contributed by atoms with Gasteiger partial charge in [0, 0.05) is 6.61 Å². The third-order valence-corrected chi connectivity index (χ3v) is 8.77. The number of aliphatic hydroxyl groups is 1. The maximum atomic E-state index is 9.12. The molecule has 0 aliphatic carbocycles. The van der Waals surface area contributed by atoms with Gasteiger partial charge in [0.2, 0.25) is 0 Å². The fraction of sp³-hybridized carbons (Fsp3) is 0.588. The van der Waals surface area contributed by atoms with Gasteiger partial charge in [0.25, 0.3) is 0 Å². The van der Waals surface area contributed by atoms with E-state index in [0.29, 0.717) is 5.56 Å². The van der Waals surface area contributed by atoms with Crippen molar-refractivity contribution in [3.63, 3.8) is 0 Å². The summed E-state index contributed by atoms with van der Waals surface area (Å²) in [4.78, 5) is 0. The highest BCUT2D eigenvalue weighted by molar-refractivity contribution is 6.74. The lowest BCUT2D eigenvalue weighted by Gasteiger charge is -2.39. The van der Waals surface area contributed by atoms with Crippen LogP contribution in [-0.4, -0.2) is 20.0 Å². The lowest BCUT2D eigenvalue weighted by atomic mass is 10.0. The van der Waals surface area contributed by atoms with Crippen LogP contribution in [0, 0.1) is 11.3 Å². The largest absolute Gasteiger partial charge is 0.410 e. The Bertz CT molecular complexity index is 483. The summed E-state index contributed by atoms with van der Waals surface area (Å²) < 4.78 is 6.51. The van der Waals surface area contributed by atoms with Crippen LogP contribution in [0.4, 0.5) is 0 Å². The van der Waals surface area contributed by atoms with E-state index in [9.17, 15) is 0 Å². The minimum Gasteiger partial charge on any atom is -0.410 e. The second-order valence-electron chi connectivity index (χ2n) is 6.97. The van der Waals surface area contributed by atoms with Crippen LogP contribution in [0.15, 0.2) is 24.3 Å². The van der Waals surface area contributed by atoms with Crippen LogP contribution >= 0.6 is 0 Å². The Kier molecular flexibility index (Phi) is 6.15. The number of benzene rings is 1. The van der Waals surface area contributed by atoms with Crippen molar-refractivity contribution < 1.29 is 9.53 Å². The molecule has 0 aromatic heterocycles. The van der Waals surface area contributed by atoms with E-state index in [1.807, 2.05) is 24.3 Å². The van der Waals surface area contributed by atoms with E-state index in [4.69, 9.17) is 14.8 Å². The van der Waals surface area contributed by atoms with Crippen molar-refractivity contribution >= 4 is 8.32 Å². The van der Waals surface area contributed by atoms with Crippen LogP contribution in [0.5, 0.6) is 0 Å². The van der Waals surface area contributed by atoms with Crippen molar-refractivity contribution in [2.75, 3.05) is 6.61 Å². The molecule has 1 aromatic carbocycles. The van der Waals surface area contributed by atoms with Crippen molar-refractivity contribution in [3.05, 3.63) is 35.4 Å². The van der Waals surface area contributed by atoms with Crippen LogP contribution in [0.2, 0.25) is 18.1 Å². The predicted octanol–water partition coefficient (Wildman–Crippen LogP) is 4.39. The highest BCUT2D eigenvalue weighted by atomic mass is 28.4. The van der Waals surface area contributed by atoms with Gasteiger partial charge in [0.1, 0.15) is 0 Å². The zero-order valence-corrected chi connectivity index (χ0v) is 14.8. The van der Waals surface area contributed by atoms with Crippen LogP contribution in [0.3, 0.4) is 0 Å². The molecular weight excluding hydrogens is 278 g/mol. The van der Waals surface area contributed by atoms with Crippen LogP contribution in [0.1, 0.15) is 50.8 Å². The second kappa shape index (κ2) is 7.21. The number of nitrogens with zero attached hydrogens (tertiary/aromatic N) is 1. The summed E-state index contributed by atoms with van der Waals surface area (Å²) in [6.45, 7) is 11.3. The summed E-state index contributed by atoms with van der Waals surface area (Å²) in [5.41, 5.74) is 1.75. The summed E-state index contributed by atoms with van der Waals surface area (Å²) in [5.74, 6) is 0. The smallest absolute Gasteiger partial charge is 0.192 e. The number of rotatable bonds is 6. The normalized spacial score (nSPS) is 13.8. The number of hydrogen-bond acceptors (Lipinski definition) is 3. The zero-order valence-electron chi connectivity index (χ0n) is 13.8. The Morgan fingerprint density at radius 2 is 1.81 bits per heavy atom. The Hall–Kier alpha value is -1.15. The number of aliphatic hydroxyl groups excluding tert-OH is 1. The topological polar surface area (TPSA) is 53.2 Å². The molecule has 1 aromatic rings. The Balaban J connectivity index is 2.97. The molecule has 0 bridgehead atoms. The first-order valence-electron chi connectivity index (χ1n) is 7.50. The third-order valence-electron chi connectivity index (χ3n) is 4.28. The van der Waals surface area contributed by atoms with E-state index < -0.39 is 8.32 Å². The maximum absolute atomic E-state index is 9.12. The molecule has 0 aliphatic heterocycles. The van der Waals surface area contributed by atoms with Crippen molar-refractivity contribution in [1.29, 1.82) is 5.26 Å². The summed E-state index contributed by atoms with van der Waals surface area (Å²) in [5, 5.41) is 18.2. The highest BCUT2D eigenvalue weighted by Crippen LogP contribution is 2.40. The van der Waals surface area contributed by atoms with Gasteiger partial charge in [-0.3, -0.25) is 0 Å². The fourth-order valence-electron chi connectivity index (χ4n) is 1.88. The number of hydrogen-bond donors (Lipinski definition) is 1. The van der Waals surface area contributed by atoms with Crippen molar-refractivity contribution in [2.24, 2.45) is 0 Å². The van der Waals surface area contributed by atoms with Crippen LogP contribution in [0.25, 0.3) is 0 Å². The van der Waals surface area contributed by atoms with Gasteiger partial charge in [0.05, 0.1) is 17.7 Å². The summed E-state index contributed by atoms with van der Waals surface area (Å²) in [7, 11) is -1.87. The molecule has 0 fully saturated rings. The molecule has 1 atom stereocenters. The molecule has 0 radical (unpaired) electrons. The van der Waals surface area contributed by atoms with E-state index in [0.717, 1.165) is 18.4 Å². The fourth-order valence-corrected chi connectivity index (χ4v) is 3.19. The lowest BCUT2D eigenvalue weighted by Crippen LogP contribution is -2.41. The minimum atomic E-state index is -1.87. The molecule has 4 heteroatoms. The first-order valence-corrected chi connectivity index (χ1v) is 10.4. The Morgan fingerprint density at radius 3 is 2.24 bits per heavy atom. The van der Waals surface area contributed by atoms with Gasteiger partial charge in [0.15, 0.2) is 8.32 Å². The monoisotopic (exact) mass is 305 g/mol. The molecule has 0 saturated carbocycles. The summed E-state index contributed by atoms with van der Waals surface area (Å²) in [6.07, 6.45) is 1.51. The molecular formula is C17H27NO2Si. The van der Waals surface area contributed by atoms with Crippen molar-refractivity contribution in [3.8, 4) is 6.07 Å². The van der Waals surface area contributed by atoms with Gasteiger partial charge in [-0.05, 0) is 48.7 Å². The maximum Gasteiger partial charge on any atom is 0.192 e. The third kappa shape index (κ3) is 4.96. The van der Waals surface area contributed by atoms with Gasteiger partial charge in [-0.25, -0.2) is 0 Å². The minimum absolute atomic E-state index is 0.00853. The summed E-state index contributed by atoms with van der Waals surface area (Å²) >= 11 is 0. The molecule has 1 rings (SSSR count). The molecule has 0 amide bonds. The Morgan fingerprint density at radius 1 is 1.24 bits per heavy atom. The SMILES string of the molecule is CC(C)(C)[Si](C)(C)OC(CCCO)c1ccc(C#N)cc1. The Labute approximate surface area is 129 Å².